The van der Waals surface area contributed by atoms with Crippen LogP contribution in [0.3, 0.4) is 0 Å². The van der Waals surface area contributed by atoms with Gasteiger partial charge < -0.3 is 15.7 Å². The Morgan fingerprint density at radius 2 is 1.80 bits per heavy atom. The van der Waals surface area contributed by atoms with E-state index in [0.717, 1.165) is 12.1 Å². The van der Waals surface area contributed by atoms with E-state index in [1.165, 1.54) is 22.3 Å². The van der Waals surface area contributed by atoms with E-state index in [0.29, 0.717) is 18.5 Å². The average Bonchev–Trinajstić information content (AvgIpc) is 3.03. The number of amides is 1. The number of carbonyl (C=O) groups excluding carboxylic acids is 1. The van der Waals surface area contributed by atoms with Crippen LogP contribution in [0, 0.1) is 20.8 Å². The number of nitrogens with one attached hydrogen (secondary N) is 2. The van der Waals surface area contributed by atoms with Crippen LogP contribution in [0.15, 0.2) is 36.4 Å². The van der Waals surface area contributed by atoms with Crippen LogP contribution in [-0.2, 0) is 0 Å². The number of hydrogen-bond acceptors (Lipinski definition) is 3. The van der Waals surface area contributed by atoms with E-state index in [9.17, 15) is 9.90 Å². The highest BCUT2D eigenvalue weighted by Gasteiger charge is 2.31. The van der Waals surface area contributed by atoms with Crippen LogP contribution in [0.5, 0.6) is 0 Å². The number of β-amino-alcohol motifs (C(OH)–C–C–N with tert-alkyl or cyclic N) is 1. The zero-order valence-electron chi connectivity index (χ0n) is 15.1. The molecule has 1 fully saturated rings. The van der Waals surface area contributed by atoms with E-state index in [2.05, 4.69) is 43.5 Å². The minimum atomic E-state index is -0.827. The van der Waals surface area contributed by atoms with Gasteiger partial charge in [0, 0.05) is 18.7 Å². The van der Waals surface area contributed by atoms with Gasteiger partial charge in [-0.15, -0.1) is 0 Å². The fraction of sp³-hybridized carbons (Fsp3) is 0.381. The average molecular weight is 338 g/mol. The van der Waals surface area contributed by atoms with E-state index in [4.69, 9.17) is 0 Å². The lowest BCUT2D eigenvalue weighted by molar-refractivity contribution is 0.0562. The molecule has 0 unspecified atom stereocenters. The van der Waals surface area contributed by atoms with Gasteiger partial charge in [-0.05, 0) is 73.7 Å². The third kappa shape index (κ3) is 3.91. The molecule has 0 bridgehead atoms. The second kappa shape index (κ2) is 6.98. The molecule has 3 rings (SSSR count). The highest BCUT2D eigenvalue weighted by molar-refractivity contribution is 5.94. The van der Waals surface area contributed by atoms with Gasteiger partial charge >= 0.3 is 0 Å². The lowest BCUT2D eigenvalue weighted by Crippen LogP contribution is -2.44. The van der Waals surface area contributed by atoms with Gasteiger partial charge in [0.2, 0.25) is 0 Å². The van der Waals surface area contributed by atoms with Crippen molar-refractivity contribution in [3.05, 3.63) is 58.7 Å². The number of aryl methyl sites for hydroxylation is 3. The van der Waals surface area contributed by atoms with E-state index in [1.54, 1.807) is 0 Å². The van der Waals surface area contributed by atoms with Gasteiger partial charge in [-0.2, -0.15) is 0 Å². The van der Waals surface area contributed by atoms with E-state index in [-0.39, 0.29) is 12.5 Å². The van der Waals surface area contributed by atoms with E-state index < -0.39 is 5.60 Å². The Bertz CT molecular complexity index is 775. The first-order valence-corrected chi connectivity index (χ1v) is 8.78. The zero-order chi connectivity index (χ0) is 18.0. The predicted octanol–water partition coefficient (Wildman–Crippen LogP) is 2.73. The maximum absolute atomic E-state index is 12.3. The third-order valence-corrected chi connectivity index (χ3v) is 5.10. The maximum atomic E-state index is 12.3. The summed E-state index contributed by atoms with van der Waals surface area (Å²) in [5.41, 5.74) is 5.87. The standard InChI is InChI=1S/C21H26N2O2/c1-14-10-16(3)19(11-15(14)2)17-4-6-18(7-5-17)20(24)23-13-21(25)8-9-22-12-21/h4-7,10-11,22,25H,8-9,12-13H2,1-3H3,(H,23,24)/t21-/m0/s1. The van der Waals surface area contributed by atoms with Crippen molar-refractivity contribution in [3.8, 4) is 11.1 Å². The molecular formula is C21H26N2O2. The Balaban J connectivity index is 1.71. The molecule has 132 valence electrons. The molecule has 2 aromatic rings. The van der Waals surface area contributed by atoms with Crippen LogP contribution in [-0.4, -0.2) is 36.2 Å². The monoisotopic (exact) mass is 338 g/mol. The molecule has 4 heteroatoms. The summed E-state index contributed by atoms with van der Waals surface area (Å²) in [7, 11) is 0. The first kappa shape index (κ1) is 17.6. The lowest BCUT2D eigenvalue weighted by atomic mass is 9.95. The largest absolute Gasteiger partial charge is 0.387 e. The Morgan fingerprint density at radius 1 is 1.12 bits per heavy atom. The van der Waals surface area contributed by atoms with Gasteiger partial charge in [-0.1, -0.05) is 24.3 Å². The summed E-state index contributed by atoms with van der Waals surface area (Å²) in [4.78, 5) is 12.3. The molecule has 3 N–H and O–H groups in total. The van der Waals surface area contributed by atoms with E-state index in [1.807, 2.05) is 24.3 Å². The van der Waals surface area contributed by atoms with Crippen molar-refractivity contribution >= 4 is 5.91 Å². The number of rotatable bonds is 4. The van der Waals surface area contributed by atoms with Crippen LogP contribution < -0.4 is 10.6 Å². The molecule has 25 heavy (non-hydrogen) atoms. The number of aliphatic hydroxyl groups is 1. The SMILES string of the molecule is Cc1cc(C)c(-c2ccc(C(=O)NC[C@]3(O)CCNC3)cc2)cc1C. The van der Waals surface area contributed by atoms with Crippen LogP contribution in [0.2, 0.25) is 0 Å². The van der Waals surface area contributed by atoms with Crippen LogP contribution in [0.25, 0.3) is 11.1 Å². The van der Waals surface area contributed by atoms with Gasteiger partial charge in [0.15, 0.2) is 0 Å². The quantitative estimate of drug-likeness (QED) is 0.803. The predicted molar refractivity (Wildman–Crippen MR) is 101 cm³/mol. The van der Waals surface area contributed by atoms with Gasteiger partial charge in [0.1, 0.15) is 0 Å². The third-order valence-electron chi connectivity index (χ3n) is 5.10. The molecule has 0 radical (unpaired) electrons. The first-order chi connectivity index (χ1) is 11.9. The van der Waals surface area contributed by atoms with Crippen molar-refractivity contribution in [2.75, 3.05) is 19.6 Å². The topological polar surface area (TPSA) is 61.4 Å². The van der Waals surface area contributed by atoms with Gasteiger partial charge in [-0.3, -0.25) is 4.79 Å². The minimum absolute atomic E-state index is 0.149. The smallest absolute Gasteiger partial charge is 0.251 e. The Labute approximate surface area is 149 Å². The number of benzene rings is 2. The Morgan fingerprint density at radius 3 is 2.44 bits per heavy atom. The maximum Gasteiger partial charge on any atom is 0.251 e. The van der Waals surface area contributed by atoms with Crippen molar-refractivity contribution in [3.63, 3.8) is 0 Å². The summed E-state index contributed by atoms with van der Waals surface area (Å²) >= 11 is 0. The van der Waals surface area contributed by atoms with Crippen molar-refractivity contribution in [2.45, 2.75) is 32.8 Å². The molecule has 1 aliphatic heterocycles. The number of hydrogen-bond donors (Lipinski definition) is 3. The van der Waals surface area contributed by atoms with Crippen molar-refractivity contribution in [1.29, 1.82) is 0 Å². The highest BCUT2D eigenvalue weighted by atomic mass is 16.3. The molecule has 2 aromatic carbocycles. The summed E-state index contributed by atoms with van der Waals surface area (Å²) < 4.78 is 0. The number of carbonyl (C=O) groups is 1. The second-order valence-electron chi connectivity index (χ2n) is 7.16. The Hall–Kier alpha value is -2.17. The summed E-state index contributed by atoms with van der Waals surface area (Å²) in [5, 5.41) is 16.2. The van der Waals surface area contributed by atoms with Crippen LogP contribution in [0.4, 0.5) is 0 Å². The normalized spacial score (nSPS) is 19.8. The zero-order valence-corrected chi connectivity index (χ0v) is 15.1. The molecule has 0 aromatic heterocycles. The molecular weight excluding hydrogens is 312 g/mol. The van der Waals surface area contributed by atoms with Crippen LogP contribution >= 0.6 is 0 Å². The minimum Gasteiger partial charge on any atom is -0.387 e. The van der Waals surface area contributed by atoms with Crippen molar-refractivity contribution in [2.24, 2.45) is 0 Å². The summed E-state index contributed by atoms with van der Waals surface area (Å²) in [6.07, 6.45) is 0.665. The van der Waals surface area contributed by atoms with Crippen LogP contribution in [0.1, 0.15) is 33.5 Å². The van der Waals surface area contributed by atoms with Gasteiger partial charge in [0.25, 0.3) is 5.91 Å². The fourth-order valence-electron chi connectivity index (χ4n) is 3.30. The molecule has 0 aliphatic carbocycles. The van der Waals surface area contributed by atoms with Gasteiger partial charge in [0.05, 0.1) is 5.60 Å². The Kier molecular flexibility index (Phi) is 4.93. The molecule has 1 aliphatic rings. The fourth-order valence-corrected chi connectivity index (χ4v) is 3.30. The van der Waals surface area contributed by atoms with E-state index >= 15 is 0 Å². The van der Waals surface area contributed by atoms with Crippen molar-refractivity contribution in [1.82, 2.24) is 10.6 Å². The van der Waals surface area contributed by atoms with Gasteiger partial charge in [-0.25, -0.2) is 0 Å². The molecule has 1 amide bonds. The lowest BCUT2D eigenvalue weighted by Gasteiger charge is -2.21. The second-order valence-corrected chi connectivity index (χ2v) is 7.16. The van der Waals surface area contributed by atoms with Crippen molar-refractivity contribution < 1.29 is 9.90 Å². The molecule has 1 saturated heterocycles. The summed E-state index contributed by atoms with van der Waals surface area (Å²) in [6.45, 7) is 7.93. The molecule has 0 saturated carbocycles. The molecule has 1 atom stereocenters. The summed E-state index contributed by atoms with van der Waals surface area (Å²) in [6, 6.07) is 12.0. The molecule has 1 heterocycles. The first-order valence-electron chi connectivity index (χ1n) is 8.78. The molecule has 0 spiro atoms. The highest BCUT2D eigenvalue weighted by Crippen LogP contribution is 2.26. The summed E-state index contributed by atoms with van der Waals surface area (Å²) in [5.74, 6) is -0.149. The molecule has 4 nitrogen and oxygen atoms in total.